The van der Waals surface area contributed by atoms with Crippen LogP contribution in [-0.2, 0) is 9.53 Å². The lowest BCUT2D eigenvalue weighted by Crippen LogP contribution is -2.56. The van der Waals surface area contributed by atoms with Crippen LogP contribution in [0.1, 0.15) is 32.6 Å². The zero-order valence-electron chi connectivity index (χ0n) is 9.71. The van der Waals surface area contributed by atoms with Crippen LogP contribution < -0.4 is 11.1 Å². The SMILES string of the molecule is COCCNC(=O)C1(N)CCCC(C)C1. The molecule has 0 bridgehead atoms. The minimum absolute atomic E-state index is 0.0221. The fourth-order valence-electron chi connectivity index (χ4n) is 2.24. The second-order valence-electron chi connectivity index (χ2n) is 4.61. The second kappa shape index (κ2) is 5.47. The molecule has 0 aromatic rings. The number of hydrogen-bond acceptors (Lipinski definition) is 3. The fraction of sp³-hybridized carbons (Fsp3) is 0.909. The molecule has 0 aromatic carbocycles. The summed E-state index contributed by atoms with van der Waals surface area (Å²) >= 11 is 0. The van der Waals surface area contributed by atoms with E-state index in [2.05, 4.69) is 12.2 Å². The molecule has 0 spiro atoms. The number of nitrogens with two attached hydrogens (primary N) is 1. The van der Waals surface area contributed by atoms with Gasteiger partial charge in [-0.3, -0.25) is 4.79 Å². The Bertz CT molecular complexity index is 221. The van der Waals surface area contributed by atoms with Gasteiger partial charge >= 0.3 is 0 Å². The summed E-state index contributed by atoms with van der Waals surface area (Å²) in [5.74, 6) is 0.531. The molecule has 1 aliphatic carbocycles. The number of methoxy groups -OCH3 is 1. The monoisotopic (exact) mass is 214 g/mol. The maximum atomic E-state index is 11.8. The van der Waals surface area contributed by atoms with Crippen LogP contribution in [0, 0.1) is 5.92 Å². The van der Waals surface area contributed by atoms with Gasteiger partial charge in [0.25, 0.3) is 0 Å². The zero-order valence-corrected chi connectivity index (χ0v) is 9.71. The molecule has 4 nitrogen and oxygen atoms in total. The van der Waals surface area contributed by atoms with Crippen LogP contribution in [-0.4, -0.2) is 31.7 Å². The number of carbonyl (C=O) groups excluding carboxylic acids is 1. The van der Waals surface area contributed by atoms with Crippen LogP contribution in [0.2, 0.25) is 0 Å². The molecule has 0 radical (unpaired) electrons. The summed E-state index contributed by atoms with van der Waals surface area (Å²) < 4.78 is 4.88. The molecular weight excluding hydrogens is 192 g/mol. The molecule has 0 aromatic heterocycles. The van der Waals surface area contributed by atoms with Gasteiger partial charge in [0.1, 0.15) is 0 Å². The van der Waals surface area contributed by atoms with E-state index in [1.807, 2.05) is 0 Å². The van der Waals surface area contributed by atoms with E-state index in [-0.39, 0.29) is 5.91 Å². The summed E-state index contributed by atoms with van der Waals surface area (Å²) in [4.78, 5) is 11.8. The number of hydrogen-bond donors (Lipinski definition) is 2. The number of carbonyl (C=O) groups is 1. The van der Waals surface area contributed by atoms with Crippen molar-refractivity contribution in [3.05, 3.63) is 0 Å². The van der Waals surface area contributed by atoms with Gasteiger partial charge in [0.2, 0.25) is 5.91 Å². The van der Waals surface area contributed by atoms with Crippen LogP contribution in [0.4, 0.5) is 0 Å². The van der Waals surface area contributed by atoms with Crippen molar-refractivity contribution < 1.29 is 9.53 Å². The second-order valence-corrected chi connectivity index (χ2v) is 4.61. The van der Waals surface area contributed by atoms with Gasteiger partial charge < -0.3 is 15.8 Å². The lowest BCUT2D eigenvalue weighted by Gasteiger charge is -2.35. The highest BCUT2D eigenvalue weighted by Crippen LogP contribution is 2.30. The first kappa shape index (κ1) is 12.5. The van der Waals surface area contributed by atoms with Gasteiger partial charge in [0.05, 0.1) is 12.1 Å². The van der Waals surface area contributed by atoms with E-state index >= 15 is 0 Å². The van der Waals surface area contributed by atoms with Crippen molar-refractivity contribution in [2.45, 2.75) is 38.1 Å². The first-order valence-corrected chi connectivity index (χ1v) is 5.64. The molecule has 15 heavy (non-hydrogen) atoms. The Morgan fingerprint density at radius 3 is 3.00 bits per heavy atom. The average Bonchev–Trinajstić information content (AvgIpc) is 2.17. The highest BCUT2D eigenvalue weighted by Gasteiger charge is 2.37. The first-order valence-electron chi connectivity index (χ1n) is 5.64. The molecule has 3 N–H and O–H groups in total. The first-order chi connectivity index (χ1) is 7.08. The topological polar surface area (TPSA) is 64.3 Å². The fourth-order valence-corrected chi connectivity index (χ4v) is 2.24. The van der Waals surface area contributed by atoms with E-state index in [1.54, 1.807) is 7.11 Å². The largest absolute Gasteiger partial charge is 0.383 e. The Morgan fingerprint density at radius 2 is 2.40 bits per heavy atom. The summed E-state index contributed by atoms with van der Waals surface area (Å²) in [5.41, 5.74) is 5.47. The van der Waals surface area contributed by atoms with Gasteiger partial charge in [0, 0.05) is 13.7 Å². The molecule has 0 heterocycles. The minimum Gasteiger partial charge on any atom is -0.383 e. The molecule has 2 atom stereocenters. The van der Waals surface area contributed by atoms with E-state index in [0.717, 1.165) is 19.3 Å². The number of amides is 1. The Morgan fingerprint density at radius 1 is 1.67 bits per heavy atom. The van der Waals surface area contributed by atoms with Crippen molar-refractivity contribution >= 4 is 5.91 Å². The van der Waals surface area contributed by atoms with Gasteiger partial charge in [0.15, 0.2) is 0 Å². The standard InChI is InChI=1S/C11H22N2O2/c1-9-4-3-5-11(12,8-9)10(14)13-6-7-15-2/h9H,3-8,12H2,1-2H3,(H,13,14). The quantitative estimate of drug-likeness (QED) is 0.676. The molecule has 88 valence electrons. The third kappa shape index (κ3) is 3.47. The Kier molecular flexibility index (Phi) is 4.54. The number of nitrogens with one attached hydrogen (secondary N) is 1. The van der Waals surface area contributed by atoms with E-state index in [9.17, 15) is 4.79 Å². The molecule has 4 heteroatoms. The zero-order chi connectivity index (χ0) is 11.3. The summed E-state index contributed by atoms with van der Waals surface area (Å²) in [6.45, 7) is 3.24. The summed E-state index contributed by atoms with van der Waals surface area (Å²) in [5, 5.41) is 2.83. The summed E-state index contributed by atoms with van der Waals surface area (Å²) in [6.07, 6.45) is 3.83. The molecule has 1 fully saturated rings. The summed E-state index contributed by atoms with van der Waals surface area (Å²) in [6, 6.07) is 0. The molecule has 0 saturated heterocycles. The molecule has 1 rings (SSSR count). The van der Waals surface area contributed by atoms with E-state index in [0.29, 0.717) is 19.1 Å². The number of ether oxygens (including phenoxy) is 1. The maximum absolute atomic E-state index is 11.8. The normalized spacial score (nSPS) is 31.3. The Balaban J connectivity index is 2.41. The van der Waals surface area contributed by atoms with Crippen molar-refractivity contribution in [1.29, 1.82) is 0 Å². The van der Waals surface area contributed by atoms with Crippen LogP contribution >= 0.6 is 0 Å². The third-order valence-corrected chi connectivity index (χ3v) is 3.08. The van der Waals surface area contributed by atoms with E-state index in [1.165, 1.54) is 6.42 Å². The predicted molar refractivity (Wildman–Crippen MR) is 59.4 cm³/mol. The average molecular weight is 214 g/mol. The van der Waals surface area contributed by atoms with Gasteiger partial charge in [-0.2, -0.15) is 0 Å². The van der Waals surface area contributed by atoms with Crippen LogP contribution in [0.5, 0.6) is 0 Å². The van der Waals surface area contributed by atoms with Crippen LogP contribution in [0.25, 0.3) is 0 Å². The molecule has 1 amide bonds. The van der Waals surface area contributed by atoms with Crippen molar-refractivity contribution in [3.63, 3.8) is 0 Å². The smallest absolute Gasteiger partial charge is 0.240 e. The van der Waals surface area contributed by atoms with Gasteiger partial charge in [-0.15, -0.1) is 0 Å². The Labute approximate surface area is 91.5 Å². The highest BCUT2D eigenvalue weighted by molar-refractivity contribution is 5.86. The summed E-state index contributed by atoms with van der Waals surface area (Å²) in [7, 11) is 1.62. The van der Waals surface area contributed by atoms with Crippen molar-refractivity contribution in [1.82, 2.24) is 5.32 Å². The lowest BCUT2D eigenvalue weighted by atomic mass is 9.76. The molecular formula is C11H22N2O2. The molecule has 1 aliphatic rings. The van der Waals surface area contributed by atoms with Crippen molar-refractivity contribution in [2.75, 3.05) is 20.3 Å². The molecule has 2 unspecified atom stereocenters. The third-order valence-electron chi connectivity index (χ3n) is 3.08. The van der Waals surface area contributed by atoms with E-state index < -0.39 is 5.54 Å². The highest BCUT2D eigenvalue weighted by atomic mass is 16.5. The lowest BCUT2D eigenvalue weighted by molar-refractivity contribution is -0.128. The minimum atomic E-state index is -0.647. The Hall–Kier alpha value is -0.610. The van der Waals surface area contributed by atoms with Gasteiger partial charge in [-0.05, 0) is 18.8 Å². The molecule has 1 saturated carbocycles. The van der Waals surface area contributed by atoms with Crippen LogP contribution in [0.15, 0.2) is 0 Å². The van der Waals surface area contributed by atoms with Gasteiger partial charge in [-0.1, -0.05) is 19.8 Å². The van der Waals surface area contributed by atoms with Gasteiger partial charge in [-0.25, -0.2) is 0 Å². The molecule has 0 aliphatic heterocycles. The van der Waals surface area contributed by atoms with Crippen LogP contribution in [0.3, 0.4) is 0 Å². The maximum Gasteiger partial charge on any atom is 0.240 e. The van der Waals surface area contributed by atoms with E-state index in [4.69, 9.17) is 10.5 Å². The predicted octanol–water partition coefficient (Wildman–Crippen LogP) is 0.657. The number of rotatable bonds is 4. The van der Waals surface area contributed by atoms with Crippen molar-refractivity contribution in [3.8, 4) is 0 Å². The van der Waals surface area contributed by atoms with Crippen molar-refractivity contribution in [2.24, 2.45) is 11.7 Å².